The molecule has 0 aliphatic heterocycles. The SMILES string of the molecule is c1ccc(-c2cccc3c2c2cc(-c4ccc5c(c4)c4cc6ccccc6cc4n5-c4ccccc4)ccc2n3-c2cccc3c2sc2ccccc23)cc1. The second kappa shape index (κ2) is 11.8. The molecule has 0 saturated heterocycles. The van der Waals surface area contributed by atoms with Crippen LogP contribution in [0.4, 0.5) is 0 Å². The van der Waals surface area contributed by atoms with Gasteiger partial charge < -0.3 is 9.13 Å². The summed E-state index contributed by atoms with van der Waals surface area (Å²) in [6.07, 6.45) is 0. The predicted molar refractivity (Wildman–Crippen MR) is 236 cm³/mol. The number of aromatic nitrogens is 2. The lowest BCUT2D eigenvalue weighted by atomic mass is 9.97. The Morgan fingerprint density at radius 3 is 1.80 bits per heavy atom. The Hall–Kier alpha value is -6.94. The minimum Gasteiger partial charge on any atom is -0.309 e. The van der Waals surface area contributed by atoms with Crippen molar-refractivity contribution in [2.24, 2.45) is 0 Å². The van der Waals surface area contributed by atoms with E-state index in [9.17, 15) is 0 Å². The van der Waals surface area contributed by atoms with Crippen molar-refractivity contribution in [2.75, 3.05) is 0 Å². The zero-order valence-electron chi connectivity index (χ0n) is 29.8. The van der Waals surface area contributed by atoms with E-state index >= 15 is 0 Å². The zero-order valence-corrected chi connectivity index (χ0v) is 30.6. The van der Waals surface area contributed by atoms with Gasteiger partial charge in [-0.2, -0.15) is 0 Å². The molecular formula is C52H32N2S. The van der Waals surface area contributed by atoms with E-state index in [2.05, 4.69) is 203 Å². The summed E-state index contributed by atoms with van der Waals surface area (Å²) in [5.74, 6) is 0. The molecule has 0 fully saturated rings. The molecule has 0 unspecified atom stereocenters. The quantitative estimate of drug-likeness (QED) is 0.172. The van der Waals surface area contributed by atoms with E-state index in [0.717, 1.165) is 0 Å². The molecule has 3 heterocycles. The molecule has 9 aromatic carbocycles. The summed E-state index contributed by atoms with van der Waals surface area (Å²) in [5, 5.41) is 10.2. The van der Waals surface area contributed by atoms with Gasteiger partial charge in [0.15, 0.2) is 0 Å². The van der Waals surface area contributed by atoms with Crippen molar-refractivity contribution < 1.29 is 0 Å². The van der Waals surface area contributed by atoms with Gasteiger partial charge in [-0.3, -0.25) is 0 Å². The van der Waals surface area contributed by atoms with Crippen molar-refractivity contribution >= 4 is 85.9 Å². The molecule has 55 heavy (non-hydrogen) atoms. The molecule has 0 atom stereocenters. The van der Waals surface area contributed by atoms with Crippen LogP contribution in [0.5, 0.6) is 0 Å². The standard InChI is InChI=1S/C52H32N2S/c1-3-13-33(14-4-1)39-20-11-22-47-51(39)44-31-37(26-28-46(44)54(47)48-23-12-21-41-40-19-9-10-24-50(40)55-52(41)48)36-25-27-45-42(30-36)43-29-34-15-7-8-16-35(34)32-49(43)53(45)38-17-5-2-6-18-38/h1-32H. The fourth-order valence-electron chi connectivity index (χ4n) is 9.02. The molecule has 0 aliphatic carbocycles. The lowest BCUT2D eigenvalue weighted by Gasteiger charge is -2.10. The van der Waals surface area contributed by atoms with Gasteiger partial charge in [-0.1, -0.05) is 127 Å². The Bertz CT molecular complexity index is 3470. The molecule has 12 rings (SSSR count). The van der Waals surface area contributed by atoms with Crippen molar-refractivity contribution in [2.45, 2.75) is 0 Å². The fourth-order valence-corrected chi connectivity index (χ4v) is 10.2. The lowest BCUT2D eigenvalue weighted by Crippen LogP contribution is -1.94. The minimum absolute atomic E-state index is 1.17. The number of fused-ring (bicyclic) bond motifs is 10. The van der Waals surface area contributed by atoms with Gasteiger partial charge in [-0.15, -0.1) is 11.3 Å². The van der Waals surface area contributed by atoms with E-state index in [1.165, 1.54) is 108 Å². The first kappa shape index (κ1) is 30.5. The topological polar surface area (TPSA) is 9.86 Å². The molecule has 0 bridgehead atoms. The van der Waals surface area contributed by atoms with Crippen LogP contribution in [-0.4, -0.2) is 9.13 Å². The normalized spacial score (nSPS) is 12.0. The Morgan fingerprint density at radius 2 is 0.982 bits per heavy atom. The smallest absolute Gasteiger partial charge is 0.0640 e. The third-order valence-electron chi connectivity index (χ3n) is 11.5. The largest absolute Gasteiger partial charge is 0.309 e. The Morgan fingerprint density at radius 1 is 0.345 bits per heavy atom. The fraction of sp³-hybridized carbons (Fsp3) is 0. The number of benzene rings is 9. The molecule has 3 heteroatoms. The first-order valence-electron chi connectivity index (χ1n) is 18.8. The number of hydrogen-bond donors (Lipinski definition) is 0. The predicted octanol–water partition coefficient (Wildman–Crippen LogP) is 14.7. The highest BCUT2D eigenvalue weighted by molar-refractivity contribution is 7.26. The van der Waals surface area contributed by atoms with Crippen LogP contribution in [0.2, 0.25) is 0 Å². The summed E-state index contributed by atoms with van der Waals surface area (Å²) >= 11 is 1.88. The van der Waals surface area contributed by atoms with E-state index < -0.39 is 0 Å². The zero-order chi connectivity index (χ0) is 36.0. The summed E-state index contributed by atoms with van der Waals surface area (Å²) in [5.41, 5.74) is 12.1. The number of para-hydroxylation sites is 1. The van der Waals surface area contributed by atoms with Gasteiger partial charge in [0.05, 0.1) is 32.5 Å². The summed E-state index contributed by atoms with van der Waals surface area (Å²) in [6, 6.07) is 71.4. The Balaban J connectivity index is 1.14. The van der Waals surface area contributed by atoms with Gasteiger partial charge in [0.2, 0.25) is 0 Å². The molecule has 0 spiro atoms. The summed E-state index contributed by atoms with van der Waals surface area (Å²) in [7, 11) is 0. The summed E-state index contributed by atoms with van der Waals surface area (Å²) < 4.78 is 7.54. The third-order valence-corrected chi connectivity index (χ3v) is 12.7. The van der Waals surface area contributed by atoms with E-state index in [4.69, 9.17) is 0 Å². The molecule has 12 aromatic rings. The van der Waals surface area contributed by atoms with Gasteiger partial charge in [0, 0.05) is 42.7 Å². The van der Waals surface area contributed by atoms with Crippen LogP contribution in [0.1, 0.15) is 0 Å². The average molecular weight is 717 g/mol. The monoisotopic (exact) mass is 716 g/mol. The first-order chi connectivity index (χ1) is 27.3. The molecule has 0 N–H and O–H groups in total. The first-order valence-corrected chi connectivity index (χ1v) is 19.7. The highest BCUT2D eigenvalue weighted by Gasteiger charge is 2.20. The van der Waals surface area contributed by atoms with Crippen LogP contribution in [-0.2, 0) is 0 Å². The summed E-state index contributed by atoms with van der Waals surface area (Å²) in [6.45, 7) is 0. The van der Waals surface area contributed by atoms with Crippen molar-refractivity contribution in [1.29, 1.82) is 0 Å². The van der Waals surface area contributed by atoms with Crippen molar-refractivity contribution in [3.05, 3.63) is 194 Å². The van der Waals surface area contributed by atoms with Gasteiger partial charge in [-0.25, -0.2) is 0 Å². The van der Waals surface area contributed by atoms with Crippen LogP contribution >= 0.6 is 11.3 Å². The molecule has 256 valence electrons. The van der Waals surface area contributed by atoms with E-state index in [0.29, 0.717) is 0 Å². The Kier molecular flexibility index (Phi) is 6.54. The molecule has 0 aliphatic rings. The number of thiophene rings is 1. The van der Waals surface area contributed by atoms with Crippen molar-refractivity contribution in [1.82, 2.24) is 9.13 Å². The maximum Gasteiger partial charge on any atom is 0.0640 e. The van der Waals surface area contributed by atoms with Crippen molar-refractivity contribution in [3.63, 3.8) is 0 Å². The van der Waals surface area contributed by atoms with Crippen LogP contribution in [0, 0.1) is 0 Å². The second-order valence-electron chi connectivity index (χ2n) is 14.5. The number of nitrogens with zero attached hydrogens (tertiary/aromatic N) is 2. The van der Waals surface area contributed by atoms with Gasteiger partial charge in [-0.05, 0) is 99.8 Å². The lowest BCUT2D eigenvalue weighted by molar-refractivity contribution is 1.18. The van der Waals surface area contributed by atoms with Gasteiger partial charge in [0.25, 0.3) is 0 Å². The highest BCUT2D eigenvalue weighted by Crippen LogP contribution is 2.44. The van der Waals surface area contributed by atoms with E-state index in [1.807, 2.05) is 11.3 Å². The number of hydrogen-bond acceptors (Lipinski definition) is 1. The molecule has 0 saturated carbocycles. The second-order valence-corrected chi connectivity index (χ2v) is 15.6. The van der Waals surface area contributed by atoms with Crippen LogP contribution in [0.15, 0.2) is 194 Å². The van der Waals surface area contributed by atoms with E-state index in [-0.39, 0.29) is 0 Å². The Labute approximate surface area is 321 Å². The minimum atomic E-state index is 1.17. The molecular weight excluding hydrogens is 685 g/mol. The third kappa shape index (κ3) is 4.54. The maximum absolute atomic E-state index is 2.50. The van der Waals surface area contributed by atoms with Crippen LogP contribution in [0.25, 0.3) is 108 Å². The van der Waals surface area contributed by atoms with E-state index in [1.54, 1.807) is 0 Å². The number of rotatable bonds is 4. The molecule has 3 aromatic heterocycles. The average Bonchev–Trinajstić information content (AvgIpc) is 3.90. The van der Waals surface area contributed by atoms with Crippen molar-refractivity contribution in [3.8, 4) is 33.6 Å². The molecule has 0 amide bonds. The van der Waals surface area contributed by atoms with Gasteiger partial charge >= 0.3 is 0 Å². The maximum atomic E-state index is 2.50. The molecule has 2 nitrogen and oxygen atoms in total. The van der Waals surface area contributed by atoms with Crippen LogP contribution in [0.3, 0.4) is 0 Å². The molecule has 0 radical (unpaired) electrons. The summed E-state index contributed by atoms with van der Waals surface area (Å²) in [4.78, 5) is 0. The van der Waals surface area contributed by atoms with Crippen LogP contribution < -0.4 is 0 Å². The van der Waals surface area contributed by atoms with Gasteiger partial charge in [0.1, 0.15) is 0 Å². The highest BCUT2D eigenvalue weighted by atomic mass is 32.1.